The van der Waals surface area contributed by atoms with Gasteiger partial charge < -0.3 is 14.6 Å². The SMILES string of the molecule is CC(C)(Oc1ccc(C(=O)OCc2cn(Cc3ccccc3)nn2)cc1)C(=O)O. The first-order chi connectivity index (χ1) is 13.8. The second-order valence-electron chi connectivity index (χ2n) is 6.91. The Morgan fingerprint density at radius 2 is 1.76 bits per heavy atom. The van der Waals surface area contributed by atoms with Crippen molar-refractivity contribution in [3.05, 3.63) is 77.6 Å². The number of carbonyl (C=O) groups excluding carboxylic acids is 1. The van der Waals surface area contributed by atoms with E-state index in [4.69, 9.17) is 14.6 Å². The second-order valence-corrected chi connectivity index (χ2v) is 6.91. The van der Waals surface area contributed by atoms with E-state index >= 15 is 0 Å². The molecule has 3 rings (SSSR count). The summed E-state index contributed by atoms with van der Waals surface area (Å²) in [4.78, 5) is 23.3. The molecule has 0 aliphatic rings. The fourth-order valence-corrected chi connectivity index (χ4v) is 2.47. The fourth-order valence-electron chi connectivity index (χ4n) is 2.47. The van der Waals surface area contributed by atoms with Crippen molar-refractivity contribution in [3.63, 3.8) is 0 Å². The summed E-state index contributed by atoms with van der Waals surface area (Å²) in [5.41, 5.74) is 0.585. The van der Waals surface area contributed by atoms with Gasteiger partial charge >= 0.3 is 11.9 Å². The number of aromatic nitrogens is 3. The third-order valence-corrected chi connectivity index (χ3v) is 4.10. The van der Waals surface area contributed by atoms with Gasteiger partial charge in [0.2, 0.25) is 0 Å². The molecule has 0 saturated heterocycles. The van der Waals surface area contributed by atoms with Crippen molar-refractivity contribution in [2.75, 3.05) is 0 Å². The van der Waals surface area contributed by atoms with Crippen LogP contribution in [0.4, 0.5) is 0 Å². The largest absolute Gasteiger partial charge is 0.478 e. The van der Waals surface area contributed by atoms with E-state index in [-0.39, 0.29) is 6.61 Å². The molecule has 8 nitrogen and oxygen atoms in total. The molecule has 0 unspecified atom stereocenters. The molecule has 1 heterocycles. The predicted molar refractivity (Wildman–Crippen MR) is 103 cm³/mol. The summed E-state index contributed by atoms with van der Waals surface area (Å²) in [6.45, 7) is 3.47. The zero-order chi connectivity index (χ0) is 20.9. The van der Waals surface area contributed by atoms with Gasteiger partial charge in [0.1, 0.15) is 18.1 Å². The Bertz CT molecular complexity index is 981. The molecule has 1 N–H and O–H groups in total. The van der Waals surface area contributed by atoms with Gasteiger partial charge in [0, 0.05) is 0 Å². The highest BCUT2D eigenvalue weighted by Crippen LogP contribution is 2.19. The molecule has 3 aromatic rings. The first kappa shape index (κ1) is 20.1. The van der Waals surface area contributed by atoms with E-state index in [2.05, 4.69) is 10.3 Å². The zero-order valence-corrected chi connectivity index (χ0v) is 16.1. The number of carbonyl (C=O) groups is 2. The molecular formula is C21H21N3O5. The monoisotopic (exact) mass is 395 g/mol. The van der Waals surface area contributed by atoms with Crippen molar-refractivity contribution in [3.8, 4) is 5.75 Å². The summed E-state index contributed by atoms with van der Waals surface area (Å²) in [7, 11) is 0. The van der Waals surface area contributed by atoms with Crippen molar-refractivity contribution < 1.29 is 24.2 Å². The summed E-state index contributed by atoms with van der Waals surface area (Å²) in [5, 5.41) is 17.1. The Morgan fingerprint density at radius 3 is 2.41 bits per heavy atom. The van der Waals surface area contributed by atoms with Crippen molar-refractivity contribution in [1.82, 2.24) is 15.0 Å². The smallest absolute Gasteiger partial charge is 0.347 e. The maximum absolute atomic E-state index is 12.2. The Labute approximate surface area is 167 Å². The van der Waals surface area contributed by atoms with E-state index in [1.165, 1.54) is 38.1 Å². The number of hydrogen-bond donors (Lipinski definition) is 1. The second kappa shape index (κ2) is 8.55. The van der Waals surface area contributed by atoms with E-state index in [0.717, 1.165) is 5.56 Å². The number of carboxylic acids is 1. The van der Waals surface area contributed by atoms with Crippen LogP contribution in [0.25, 0.3) is 0 Å². The van der Waals surface area contributed by atoms with Crippen molar-refractivity contribution in [2.45, 2.75) is 32.6 Å². The molecule has 0 aliphatic carbocycles. The van der Waals surface area contributed by atoms with Gasteiger partial charge in [-0.3, -0.25) is 0 Å². The molecule has 1 aromatic heterocycles. The number of nitrogens with zero attached hydrogens (tertiary/aromatic N) is 3. The highest BCUT2D eigenvalue weighted by Gasteiger charge is 2.29. The molecule has 29 heavy (non-hydrogen) atoms. The van der Waals surface area contributed by atoms with E-state index in [1.807, 2.05) is 30.3 Å². The van der Waals surface area contributed by atoms with Gasteiger partial charge in [-0.2, -0.15) is 0 Å². The molecule has 2 aromatic carbocycles. The number of aliphatic carboxylic acids is 1. The Balaban J connectivity index is 1.54. The number of rotatable bonds is 8. The Hall–Kier alpha value is -3.68. The van der Waals surface area contributed by atoms with Gasteiger partial charge in [0.05, 0.1) is 18.3 Å². The van der Waals surface area contributed by atoms with E-state index in [0.29, 0.717) is 23.6 Å². The molecule has 0 atom stereocenters. The first-order valence-corrected chi connectivity index (χ1v) is 8.96. The van der Waals surface area contributed by atoms with Crippen LogP contribution in [0.3, 0.4) is 0 Å². The lowest BCUT2D eigenvalue weighted by molar-refractivity contribution is -0.152. The highest BCUT2D eigenvalue weighted by atomic mass is 16.5. The average molecular weight is 395 g/mol. The van der Waals surface area contributed by atoms with Crippen LogP contribution in [0, 0.1) is 0 Å². The van der Waals surface area contributed by atoms with Crippen LogP contribution in [0.1, 0.15) is 35.5 Å². The third-order valence-electron chi connectivity index (χ3n) is 4.10. The lowest BCUT2D eigenvalue weighted by Crippen LogP contribution is -2.37. The molecule has 150 valence electrons. The van der Waals surface area contributed by atoms with Gasteiger partial charge in [-0.1, -0.05) is 35.5 Å². The Morgan fingerprint density at radius 1 is 1.07 bits per heavy atom. The topological polar surface area (TPSA) is 104 Å². The molecule has 0 saturated carbocycles. The summed E-state index contributed by atoms with van der Waals surface area (Å²) in [6.07, 6.45) is 1.73. The average Bonchev–Trinajstić information content (AvgIpc) is 3.14. The van der Waals surface area contributed by atoms with Crippen LogP contribution in [0.2, 0.25) is 0 Å². The van der Waals surface area contributed by atoms with E-state index < -0.39 is 17.5 Å². The zero-order valence-electron chi connectivity index (χ0n) is 16.1. The lowest BCUT2D eigenvalue weighted by atomic mass is 10.1. The quantitative estimate of drug-likeness (QED) is 0.585. The number of esters is 1. The van der Waals surface area contributed by atoms with Gasteiger partial charge in [-0.15, -0.1) is 5.10 Å². The minimum absolute atomic E-state index is 0.00206. The standard InChI is InChI=1S/C21H21N3O5/c1-21(2,20(26)27)29-18-10-8-16(9-11-18)19(25)28-14-17-13-24(23-22-17)12-15-6-4-3-5-7-15/h3-11,13H,12,14H2,1-2H3,(H,26,27). The van der Waals surface area contributed by atoms with Gasteiger partial charge in [-0.05, 0) is 43.7 Å². The Kier molecular flexibility index (Phi) is 5.92. The van der Waals surface area contributed by atoms with E-state index in [1.54, 1.807) is 10.9 Å². The summed E-state index contributed by atoms with van der Waals surface area (Å²) in [6, 6.07) is 15.9. The van der Waals surface area contributed by atoms with Crippen molar-refractivity contribution in [1.29, 1.82) is 0 Å². The molecule has 0 aliphatic heterocycles. The molecule has 8 heteroatoms. The van der Waals surface area contributed by atoms with Crippen LogP contribution < -0.4 is 4.74 Å². The molecule has 0 bridgehead atoms. The number of ether oxygens (including phenoxy) is 2. The van der Waals surface area contributed by atoms with E-state index in [9.17, 15) is 9.59 Å². The van der Waals surface area contributed by atoms with Crippen LogP contribution in [-0.2, 0) is 22.7 Å². The van der Waals surface area contributed by atoms with Crippen LogP contribution in [0.5, 0.6) is 5.75 Å². The maximum Gasteiger partial charge on any atom is 0.347 e. The van der Waals surface area contributed by atoms with Gasteiger partial charge in [0.25, 0.3) is 0 Å². The van der Waals surface area contributed by atoms with Crippen LogP contribution in [0.15, 0.2) is 60.8 Å². The molecular weight excluding hydrogens is 374 g/mol. The predicted octanol–water partition coefficient (Wildman–Crippen LogP) is 2.93. The number of carboxylic acid groups (broad SMARTS) is 1. The van der Waals surface area contributed by atoms with Crippen LogP contribution in [-0.4, -0.2) is 37.6 Å². The normalized spacial score (nSPS) is 11.1. The number of hydrogen-bond acceptors (Lipinski definition) is 6. The molecule has 0 fully saturated rings. The van der Waals surface area contributed by atoms with Crippen molar-refractivity contribution >= 4 is 11.9 Å². The van der Waals surface area contributed by atoms with Gasteiger partial charge in [-0.25, -0.2) is 14.3 Å². The summed E-state index contributed by atoms with van der Waals surface area (Å²) in [5.74, 6) is -1.26. The first-order valence-electron chi connectivity index (χ1n) is 8.96. The van der Waals surface area contributed by atoms with Gasteiger partial charge in [0.15, 0.2) is 5.60 Å². The maximum atomic E-state index is 12.2. The minimum atomic E-state index is -1.37. The highest BCUT2D eigenvalue weighted by molar-refractivity contribution is 5.89. The summed E-state index contributed by atoms with van der Waals surface area (Å²) < 4.78 is 12.3. The molecule has 0 amide bonds. The lowest BCUT2D eigenvalue weighted by Gasteiger charge is -2.21. The fraction of sp³-hybridized carbons (Fsp3) is 0.238. The number of benzene rings is 2. The minimum Gasteiger partial charge on any atom is -0.478 e. The molecule has 0 radical (unpaired) electrons. The van der Waals surface area contributed by atoms with Crippen LogP contribution >= 0.6 is 0 Å². The third kappa shape index (κ3) is 5.41. The van der Waals surface area contributed by atoms with Crippen molar-refractivity contribution in [2.24, 2.45) is 0 Å². The summed E-state index contributed by atoms with van der Waals surface area (Å²) >= 11 is 0. The molecule has 0 spiro atoms.